The van der Waals surface area contributed by atoms with Crippen LogP contribution in [0.1, 0.15) is 5.56 Å². The Labute approximate surface area is 156 Å². The van der Waals surface area contributed by atoms with Crippen LogP contribution in [-0.2, 0) is 6.54 Å². The van der Waals surface area contributed by atoms with Gasteiger partial charge in [0.2, 0.25) is 0 Å². The normalized spacial score (nSPS) is 10.4. The molecule has 0 amide bonds. The molecule has 0 aliphatic rings. The lowest BCUT2D eigenvalue weighted by molar-refractivity contribution is -0.384. The average molecular weight is 369 g/mol. The van der Waals surface area contributed by atoms with Crippen LogP contribution in [0, 0.1) is 10.1 Å². The number of rotatable bonds is 6. The van der Waals surface area contributed by atoms with Crippen LogP contribution in [0.15, 0.2) is 66.7 Å². The van der Waals surface area contributed by atoms with Crippen LogP contribution in [0.3, 0.4) is 0 Å². The predicted molar refractivity (Wildman–Crippen MR) is 104 cm³/mol. The minimum Gasteiger partial charge on any atom is -0.496 e. The van der Waals surface area contributed by atoms with Crippen molar-refractivity contribution >= 4 is 23.0 Å². The average Bonchev–Trinajstić information content (AvgIpc) is 2.66. The van der Waals surface area contributed by atoms with Gasteiger partial charge in [-0.2, -0.15) is 0 Å². The Kier molecular flexibility index (Phi) is 5.39. The lowest BCUT2D eigenvalue weighted by Gasteiger charge is -2.12. The van der Waals surface area contributed by atoms with Crippen LogP contribution in [-0.4, -0.2) is 12.0 Å². The molecule has 3 aromatic rings. The summed E-state index contributed by atoms with van der Waals surface area (Å²) in [6.45, 7) is 0.579. The van der Waals surface area contributed by atoms with E-state index >= 15 is 0 Å². The van der Waals surface area contributed by atoms with E-state index < -0.39 is 4.92 Å². The van der Waals surface area contributed by atoms with Gasteiger partial charge in [-0.25, -0.2) is 0 Å². The minimum absolute atomic E-state index is 0.0724. The van der Waals surface area contributed by atoms with Crippen molar-refractivity contribution in [2.75, 3.05) is 12.4 Å². The monoisotopic (exact) mass is 368 g/mol. The third-order valence-electron chi connectivity index (χ3n) is 3.97. The van der Waals surface area contributed by atoms with E-state index in [1.807, 2.05) is 42.5 Å². The topological polar surface area (TPSA) is 64.4 Å². The summed E-state index contributed by atoms with van der Waals surface area (Å²) in [5, 5.41) is 14.6. The smallest absolute Gasteiger partial charge is 0.269 e. The van der Waals surface area contributed by atoms with Crippen LogP contribution in [0.5, 0.6) is 5.75 Å². The molecule has 0 unspecified atom stereocenters. The highest BCUT2D eigenvalue weighted by Crippen LogP contribution is 2.32. The van der Waals surface area contributed by atoms with Crippen molar-refractivity contribution in [3.8, 4) is 16.9 Å². The highest BCUT2D eigenvalue weighted by atomic mass is 35.5. The van der Waals surface area contributed by atoms with E-state index in [0.29, 0.717) is 11.6 Å². The standard InChI is InChI=1S/C20H17ClN2O3/c1-26-20-10-5-14(11-19(20)15-3-2-4-16(21)12-15)13-22-17-6-8-18(9-7-17)23(24)25/h2-12,22H,13H2,1H3. The second kappa shape index (κ2) is 7.89. The molecular weight excluding hydrogens is 352 g/mol. The number of benzene rings is 3. The Balaban J connectivity index is 1.80. The second-order valence-electron chi connectivity index (χ2n) is 5.70. The van der Waals surface area contributed by atoms with Crippen molar-refractivity contribution in [3.63, 3.8) is 0 Å². The summed E-state index contributed by atoms with van der Waals surface area (Å²) in [5.74, 6) is 0.770. The molecular formula is C20H17ClN2O3. The number of nitrogens with zero attached hydrogens (tertiary/aromatic N) is 1. The fraction of sp³-hybridized carbons (Fsp3) is 0.100. The molecule has 0 fully saturated rings. The Morgan fingerprint density at radius 1 is 1.08 bits per heavy atom. The quantitative estimate of drug-likeness (QED) is 0.458. The van der Waals surface area contributed by atoms with Crippen LogP contribution in [0.4, 0.5) is 11.4 Å². The third kappa shape index (κ3) is 4.13. The van der Waals surface area contributed by atoms with Gasteiger partial charge in [-0.15, -0.1) is 0 Å². The molecule has 0 aliphatic heterocycles. The fourth-order valence-corrected chi connectivity index (χ4v) is 2.84. The Hall–Kier alpha value is -3.05. The van der Waals surface area contributed by atoms with Crippen molar-refractivity contribution in [3.05, 3.63) is 87.4 Å². The van der Waals surface area contributed by atoms with Crippen molar-refractivity contribution in [2.45, 2.75) is 6.54 Å². The molecule has 26 heavy (non-hydrogen) atoms. The van der Waals surface area contributed by atoms with Gasteiger partial charge in [0.15, 0.2) is 0 Å². The summed E-state index contributed by atoms with van der Waals surface area (Å²) < 4.78 is 5.47. The molecule has 0 saturated heterocycles. The first kappa shape index (κ1) is 17.8. The zero-order valence-electron chi connectivity index (χ0n) is 14.1. The van der Waals surface area contributed by atoms with Crippen molar-refractivity contribution in [2.24, 2.45) is 0 Å². The van der Waals surface area contributed by atoms with E-state index in [-0.39, 0.29) is 5.69 Å². The van der Waals surface area contributed by atoms with E-state index in [9.17, 15) is 10.1 Å². The number of halogens is 1. The van der Waals surface area contributed by atoms with Gasteiger partial charge >= 0.3 is 0 Å². The SMILES string of the molecule is COc1ccc(CNc2ccc([N+](=O)[O-])cc2)cc1-c1cccc(Cl)c1. The molecule has 0 bridgehead atoms. The molecule has 132 valence electrons. The minimum atomic E-state index is -0.412. The van der Waals surface area contributed by atoms with Crippen molar-refractivity contribution in [1.29, 1.82) is 0 Å². The molecule has 0 radical (unpaired) electrons. The highest BCUT2D eigenvalue weighted by molar-refractivity contribution is 6.30. The molecule has 0 saturated carbocycles. The molecule has 1 N–H and O–H groups in total. The zero-order valence-corrected chi connectivity index (χ0v) is 14.9. The number of ether oxygens (including phenoxy) is 1. The van der Waals surface area contributed by atoms with E-state index in [4.69, 9.17) is 16.3 Å². The Morgan fingerprint density at radius 3 is 2.50 bits per heavy atom. The molecule has 0 aromatic heterocycles. The molecule has 0 heterocycles. The van der Waals surface area contributed by atoms with E-state index in [1.54, 1.807) is 19.2 Å². The predicted octanol–water partition coefficient (Wildman–Crippen LogP) is 5.54. The maximum absolute atomic E-state index is 10.7. The molecule has 3 aromatic carbocycles. The van der Waals surface area contributed by atoms with Crippen LogP contribution < -0.4 is 10.1 Å². The van der Waals surface area contributed by atoms with Gasteiger partial charge < -0.3 is 10.1 Å². The number of anilines is 1. The first-order chi connectivity index (χ1) is 12.6. The summed E-state index contributed by atoms with van der Waals surface area (Å²) in [5.41, 5.74) is 3.88. The van der Waals surface area contributed by atoms with Crippen molar-refractivity contribution in [1.82, 2.24) is 0 Å². The Morgan fingerprint density at radius 2 is 1.85 bits per heavy atom. The molecule has 5 nitrogen and oxygen atoms in total. The Bertz CT molecular complexity index is 927. The van der Waals surface area contributed by atoms with E-state index in [0.717, 1.165) is 28.1 Å². The number of non-ortho nitro benzene ring substituents is 1. The number of nitro benzene ring substituents is 1. The van der Waals surface area contributed by atoms with Gasteiger partial charge in [-0.3, -0.25) is 10.1 Å². The first-order valence-electron chi connectivity index (χ1n) is 7.98. The maximum atomic E-state index is 10.7. The van der Waals surface area contributed by atoms with Gasteiger partial charge in [0, 0.05) is 35.0 Å². The number of nitrogens with one attached hydrogen (secondary N) is 1. The van der Waals surface area contributed by atoms with Crippen LogP contribution >= 0.6 is 11.6 Å². The number of hydrogen-bond acceptors (Lipinski definition) is 4. The first-order valence-corrected chi connectivity index (χ1v) is 8.36. The van der Waals surface area contributed by atoms with Gasteiger partial charge in [0.05, 0.1) is 12.0 Å². The highest BCUT2D eigenvalue weighted by Gasteiger charge is 2.08. The number of methoxy groups -OCH3 is 1. The third-order valence-corrected chi connectivity index (χ3v) is 4.21. The lowest BCUT2D eigenvalue weighted by atomic mass is 10.0. The molecule has 0 atom stereocenters. The number of hydrogen-bond donors (Lipinski definition) is 1. The molecule has 0 spiro atoms. The fourth-order valence-electron chi connectivity index (χ4n) is 2.65. The van der Waals surface area contributed by atoms with Gasteiger partial charge in [0.1, 0.15) is 5.75 Å². The van der Waals surface area contributed by atoms with Gasteiger partial charge in [0.25, 0.3) is 5.69 Å². The largest absolute Gasteiger partial charge is 0.496 e. The van der Waals surface area contributed by atoms with Crippen LogP contribution in [0.2, 0.25) is 5.02 Å². The molecule has 0 aliphatic carbocycles. The van der Waals surface area contributed by atoms with E-state index in [1.165, 1.54) is 12.1 Å². The number of nitro groups is 1. The molecule has 6 heteroatoms. The summed E-state index contributed by atoms with van der Waals surface area (Å²) in [6, 6.07) is 19.9. The van der Waals surface area contributed by atoms with Gasteiger partial charge in [-0.05, 0) is 47.5 Å². The maximum Gasteiger partial charge on any atom is 0.269 e. The summed E-state index contributed by atoms with van der Waals surface area (Å²) in [4.78, 5) is 10.3. The molecule has 3 rings (SSSR count). The second-order valence-corrected chi connectivity index (χ2v) is 6.14. The summed E-state index contributed by atoms with van der Waals surface area (Å²) >= 11 is 6.11. The van der Waals surface area contributed by atoms with Crippen molar-refractivity contribution < 1.29 is 9.66 Å². The zero-order chi connectivity index (χ0) is 18.5. The lowest BCUT2D eigenvalue weighted by Crippen LogP contribution is -2.00. The van der Waals surface area contributed by atoms with Crippen LogP contribution in [0.25, 0.3) is 11.1 Å². The van der Waals surface area contributed by atoms with Gasteiger partial charge in [-0.1, -0.05) is 29.8 Å². The summed E-state index contributed by atoms with van der Waals surface area (Å²) in [7, 11) is 1.64. The summed E-state index contributed by atoms with van der Waals surface area (Å²) in [6.07, 6.45) is 0. The van der Waals surface area contributed by atoms with E-state index in [2.05, 4.69) is 5.32 Å².